The maximum absolute atomic E-state index is 4.56. The van der Waals surface area contributed by atoms with Crippen LogP contribution in [-0.2, 0) is 0 Å². The molecule has 0 aromatic heterocycles. The smallest absolute Gasteiger partial charge is 0.106 e. The maximum Gasteiger partial charge on any atom is 0.106 e. The highest BCUT2D eigenvalue weighted by Crippen LogP contribution is 2.27. The van der Waals surface area contributed by atoms with E-state index < -0.39 is 0 Å². The van der Waals surface area contributed by atoms with Gasteiger partial charge < -0.3 is 0 Å². The molecule has 0 bridgehead atoms. The first-order chi connectivity index (χ1) is 4.87. The second kappa shape index (κ2) is 3.84. The summed E-state index contributed by atoms with van der Waals surface area (Å²) in [5.74, 6) is 0. The Labute approximate surface area is 96.0 Å². The lowest BCUT2D eigenvalue weighted by atomic mass is 10.1. The Bertz CT molecular complexity index is 199. The van der Waals surface area contributed by atoms with Gasteiger partial charge in [-0.25, -0.2) is 0 Å². The molecule has 0 saturated carbocycles. The van der Waals surface area contributed by atoms with Crippen molar-refractivity contribution in [2.24, 2.45) is 4.99 Å². The lowest BCUT2D eigenvalue weighted by Gasteiger charge is -2.24. The second-order valence-corrected chi connectivity index (χ2v) is 4.73. The molecule has 1 heterocycles. The predicted octanol–water partition coefficient (Wildman–Crippen LogP) is 2.48. The molecule has 0 radical (unpaired) electrons. The van der Waals surface area contributed by atoms with Gasteiger partial charge in [0.1, 0.15) is 5.66 Å². The van der Waals surface area contributed by atoms with E-state index in [9.17, 15) is 0 Å². The van der Waals surface area contributed by atoms with E-state index in [1.54, 1.807) is 11.8 Å². The van der Waals surface area contributed by atoms with Gasteiger partial charge in [0.2, 0.25) is 0 Å². The Morgan fingerprint density at radius 3 is 1.92 bits per heavy atom. The summed E-state index contributed by atoms with van der Waals surface area (Å²) in [6.07, 6.45) is 2.07. The number of hydrogen-bond donors (Lipinski definition) is 1. The van der Waals surface area contributed by atoms with E-state index in [4.69, 9.17) is 0 Å². The highest BCUT2D eigenvalue weighted by atomic mass is 127. The van der Waals surface area contributed by atoms with Crippen LogP contribution in [0.5, 0.6) is 0 Å². The Morgan fingerprint density at radius 2 is 1.75 bits per heavy atom. The van der Waals surface area contributed by atoms with Crippen LogP contribution < -0.4 is 5.32 Å². The Morgan fingerprint density at radius 1 is 1.25 bits per heavy atom. The molecule has 0 aromatic rings. The highest BCUT2D eigenvalue weighted by molar-refractivity contribution is 14.0. The number of hydrogen-bond acceptors (Lipinski definition) is 3. The van der Waals surface area contributed by atoms with Crippen molar-refractivity contribution in [1.29, 1.82) is 0 Å². The van der Waals surface area contributed by atoms with Gasteiger partial charge in [0.15, 0.2) is 0 Å². The highest BCUT2D eigenvalue weighted by Gasteiger charge is 2.37. The number of thioether (sulfide) groups is 1. The molecule has 0 saturated heterocycles. The fourth-order valence-electron chi connectivity index (χ4n) is 1.54. The zero-order valence-corrected chi connectivity index (χ0v) is 11.4. The fraction of sp³-hybridized carbons (Fsp3) is 0.875. The summed E-state index contributed by atoms with van der Waals surface area (Å²) in [6.45, 7) is 8.52. The molecule has 0 atom stereocenters. The molecular formula is C8H17IN2S. The largest absolute Gasteiger partial charge is 0.283 e. The number of nitrogens with zero attached hydrogens (tertiary/aromatic N) is 1. The predicted molar refractivity (Wildman–Crippen MR) is 67.7 cm³/mol. The van der Waals surface area contributed by atoms with Crippen molar-refractivity contribution in [3.05, 3.63) is 0 Å². The fourth-order valence-corrected chi connectivity index (χ4v) is 2.42. The second-order valence-electron chi connectivity index (χ2n) is 3.93. The molecule has 0 fully saturated rings. The van der Waals surface area contributed by atoms with Gasteiger partial charge in [0.25, 0.3) is 0 Å². The quantitative estimate of drug-likeness (QED) is 0.695. The normalized spacial score (nSPS) is 24.6. The number of rotatable bonds is 0. The lowest BCUT2D eigenvalue weighted by Crippen LogP contribution is -2.47. The average Bonchev–Trinajstić information content (AvgIpc) is 1.99. The summed E-state index contributed by atoms with van der Waals surface area (Å²) in [7, 11) is 0. The minimum absolute atomic E-state index is 0. The molecule has 2 nitrogen and oxygen atoms in total. The Hall–Kier alpha value is 0.710. The molecule has 0 aliphatic carbocycles. The molecule has 0 amide bonds. The van der Waals surface area contributed by atoms with Crippen molar-refractivity contribution < 1.29 is 0 Å². The zero-order chi connectivity index (χ0) is 8.70. The summed E-state index contributed by atoms with van der Waals surface area (Å²) in [6, 6.07) is 0. The van der Waals surface area contributed by atoms with Crippen LogP contribution >= 0.6 is 35.7 Å². The van der Waals surface area contributed by atoms with Gasteiger partial charge in [-0.2, -0.15) is 0 Å². The number of halogens is 1. The third kappa shape index (κ3) is 2.60. The van der Waals surface area contributed by atoms with Gasteiger partial charge in [-0.05, 0) is 34.0 Å². The zero-order valence-electron chi connectivity index (χ0n) is 8.26. The van der Waals surface area contributed by atoms with Gasteiger partial charge >= 0.3 is 0 Å². The molecule has 0 unspecified atom stereocenters. The third-order valence-electron chi connectivity index (χ3n) is 1.73. The van der Waals surface area contributed by atoms with Crippen molar-refractivity contribution in [2.45, 2.75) is 38.9 Å². The number of nitrogens with one attached hydrogen (secondary N) is 1. The standard InChI is InChI=1S/C8H16N2S.HI/c1-7(2)6(11-5)9-8(3,4)10-7;/h10H,1-5H3;1H. The molecule has 12 heavy (non-hydrogen) atoms. The van der Waals surface area contributed by atoms with Gasteiger partial charge in [0.05, 0.1) is 10.6 Å². The molecule has 72 valence electrons. The Kier molecular flexibility index (Phi) is 4.06. The van der Waals surface area contributed by atoms with Crippen molar-refractivity contribution in [3.8, 4) is 0 Å². The topological polar surface area (TPSA) is 24.4 Å². The molecule has 1 aliphatic heterocycles. The van der Waals surface area contributed by atoms with E-state index in [0.29, 0.717) is 0 Å². The molecule has 1 N–H and O–H groups in total. The first-order valence-corrected chi connectivity index (χ1v) is 5.03. The van der Waals surface area contributed by atoms with E-state index >= 15 is 0 Å². The van der Waals surface area contributed by atoms with Crippen LogP contribution in [0.15, 0.2) is 4.99 Å². The molecule has 1 rings (SSSR count). The van der Waals surface area contributed by atoms with Crippen LogP contribution in [0.4, 0.5) is 0 Å². The average molecular weight is 300 g/mol. The molecule has 0 spiro atoms. The molecule has 0 aromatic carbocycles. The third-order valence-corrected chi connectivity index (χ3v) is 2.72. The maximum atomic E-state index is 4.56. The molecule has 4 heteroatoms. The van der Waals surface area contributed by atoms with Gasteiger partial charge in [-0.3, -0.25) is 10.3 Å². The van der Waals surface area contributed by atoms with Crippen LogP contribution in [0.25, 0.3) is 0 Å². The van der Waals surface area contributed by atoms with Crippen molar-refractivity contribution in [1.82, 2.24) is 5.32 Å². The number of aliphatic imine (C=N–C) groups is 1. The SMILES string of the molecule is CSC1=NC(C)(C)NC1(C)C.I. The van der Waals surface area contributed by atoms with Crippen LogP contribution in [0.1, 0.15) is 27.7 Å². The molecular weight excluding hydrogens is 283 g/mol. The molecule has 1 aliphatic rings. The van der Waals surface area contributed by atoms with E-state index in [-0.39, 0.29) is 35.2 Å². The monoisotopic (exact) mass is 300 g/mol. The first kappa shape index (κ1) is 12.7. The van der Waals surface area contributed by atoms with E-state index in [1.165, 1.54) is 5.04 Å². The van der Waals surface area contributed by atoms with Crippen LogP contribution in [-0.4, -0.2) is 22.5 Å². The van der Waals surface area contributed by atoms with Crippen LogP contribution in [0, 0.1) is 0 Å². The van der Waals surface area contributed by atoms with Crippen molar-refractivity contribution in [3.63, 3.8) is 0 Å². The van der Waals surface area contributed by atoms with Crippen LogP contribution in [0.3, 0.4) is 0 Å². The van der Waals surface area contributed by atoms with E-state index in [1.807, 2.05) is 0 Å². The summed E-state index contributed by atoms with van der Waals surface area (Å²) in [4.78, 5) is 4.56. The van der Waals surface area contributed by atoms with E-state index in [2.05, 4.69) is 44.3 Å². The first-order valence-electron chi connectivity index (χ1n) is 3.81. The van der Waals surface area contributed by atoms with Gasteiger partial charge in [-0.15, -0.1) is 35.7 Å². The summed E-state index contributed by atoms with van der Waals surface area (Å²) in [5.41, 5.74) is -0.0231. The summed E-state index contributed by atoms with van der Waals surface area (Å²) in [5, 5.41) is 4.64. The van der Waals surface area contributed by atoms with Gasteiger partial charge in [-0.1, -0.05) is 0 Å². The minimum atomic E-state index is -0.0815. The van der Waals surface area contributed by atoms with Gasteiger partial charge in [0, 0.05) is 0 Å². The Balaban J connectivity index is 0.00000121. The van der Waals surface area contributed by atoms with Crippen molar-refractivity contribution in [2.75, 3.05) is 6.26 Å². The van der Waals surface area contributed by atoms with Crippen molar-refractivity contribution >= 4 is 40.8 Å². The lowest BCUT2D eigenvalue weighted by molar-refractivity contribution is 0.372. The van der Waals surface area contributed by atoms with Crippen LogP contribution in [0.2, 0.25) is 0 Å². The summed E-state index contributed by atoms with van der Waals surface area (Å²) < 4.78 is 0. The van der Waals surface area contributed by atoms with E-state index in [0.717, 1.165) is 0 Å². The minimum Gasteiger partial charge on any atom is -0.283 e. The summed E-state index contributed by atoms with van der Waals surface area (Å²) >= 11 is 1.73.